The molecular weight excluding hydrogens is 300 g/mol. The lowest BCUT2D eigenvalue weighted by Gasteiger charge is -2.20. The van der Waals surface area contributed by atoms with E-state index in [0.717, 1.165) is 25.7 Å². The summed E-state index contributed by atoms with van der Waals surface area (Å²) in [6.07, 6.45) is 5.42. The normalized spacial score (nSPS) is 17.1. The van der Waals surface area contributed by atoms with Crippen molar-refractivity contribution in [2.24, 2.45) is 5.14 Å². The Labute approximate surface area is 121 Å². The number of nitro benzene ring substituents is 1. The molecule has 0 unspecified atom stereocenters. The fourth-order valence-electron chi connectivity index (χ4n) is 2.28. The van der Waals surface area contributed by atoms with Crippen LogP contribution in [0.1, 0.15) is 32.1 Å². The van der Waals surface area contributed by atoms with Gasteiger partial charge >= 0.3 is 0 Å². The van der Waals surface area contributed by atoms with Crippen LogP contribution in [0.5, 0.6) is 0 Å². The Morgan fingerprint density at radius 1 is 1.25 bits per heavy atom. The molecular formula is C12H16N2O4S2. The minimum atomic E-state index is -3.84. The molecule has 8 heteroatoms. The Morgan fingerprint density at radius 3 is 2.45 bits per heavy atom. The summed E-state index contributed by atoms with van der Waals surface area (Å²) < 4.78 is 22.7. The molecule has 1 saturated carbocycles. The summed E-state index contributed by atoms with van der Waals surface area (Å²) in [5, 5.41) is 16.4. The third-order valence-corrected chi connectivity index (χ3v) is 5.60. The predicted octanol–water partition coefficient (Wildman–Crippen LogP) is 2.67. The number of hydrogen-bond acceptors (Lipinski definition) is 5. The predicted molar refractivity (Wildman–Crippen MR) is 77.2 cm³/mol. The molecule has 0 heterocycles. The Hall–Kier alpha value is -1.12. The second kappa shape index (κ2) is 6.11. The molecule has 0 radical (unpaired) electrons. The van der Waals surface area contributed by atoms with Gasteiger partial charge in [-0.05, 0) is 25.0 Å². The van der Waals surface area contributed by atoms with Crippen molar-refractivity contribution in [1.82, 2.24) is 0 Å². The van der Waals surface area contributed by atoms with Crippen LogP contribution in [-0.2, 0) is 10.0 Å². The van der Waals surface area contributed by atoms with Crippen molar-refractivity contribution in [3.8, 4) is 0 Å². The van der Waals surface area contributed by atoms with Gasteiger partial charge < -0.3 is 0 Å². The molecule has 2 rings (SSSR count). The zero-order chi connectivity index (χ0) is 14.8. The molecule has 2 N–H and O–H groups in total. The van der Waals surface area contributed by atoms with E-state index in [1.165, 1.54) is 36.4 Å². The smallest absolute Gasteiger partial charge is 0.258 e. The average Bonchev–Trinajstić information content (AvgIpc) is 2.38. The number of sulfonamides is 1. The first-order valence-electron chi connectivity index (χ1n) is 6.36. The van der Waals surface area contributed by atoms with E-state index in [-0.39, 0.29) is 10.6 Å². The van der Waals surface area contributed by atoms with Crippen LogP contribution in [0.25, 0.3) is 0 Å². The number of benzene rings is 1. The van der Waals surface area contributed by atoms with Gasteiger partial charge in [0.25, 0.3) is 5.69 Å². The highest BCUT2D eigenvalue weighted by molar-refractivity contribution is 8.00. The number of hydrogen-bond donors (Lipinski definition) is 1. The molecule has 1 fully saturated rings. The van der Waals surface area contributed by atoms with Gasteiger partial charge in [0.1, 0.15) is 0 Å². The van der Waals surface area contributed by atoms with Crippen LogP contribution in [0.15, 0.2) is 28.0 Å². The highest BCUT2D eigenvalue weighted by Crippen LogP contribution is 2.38. The van der Waals surface area contributed by atoms with Crippen LogP contribution < -0.4 is 5.14 Å². The van der Waals surface area contributed by atoms with Crippen molar-refractivity contribution in [3.05, 3.63) is 28.3 Å². The first-order valence-corrected chi connectivity index (χ1v) is 8.78. The van der Waals surface area contributed by atoms with E-state index in [0.29, 0.717) is 10.1 Å². The molecule has 6 nitrogen and oxygen atoms in total. The van der Waals surface area contributed by atoms with Gasteiger partial charge in [-0.1, -0.05) is 19.3 Å². The summed E-state index contributed by atoms with van der Waals surface area (Å²) in [6.45, 7) is 0. The summed E-state index contributed by atoms with van der Waals surface area (Å²) in [5.74, 6) is 0. The van der Waals surface area contributed by atoms with Gasteiger partial charge in [-0.15, -0.1) is 11.8 Å². The van der Waals surface area contributed by atoms with Crippen LogP contribution >= 0.6 is 11.8 Å². The van der Waals surface area contributed by atoms with Crippen LogP contribution in [0.2, 0.25) is 0 Å². The maximum atomic E-state index is 11.4. The number of rotatable bonds is 4. The molecule has 1 aliphatic carbocycles. The minimum Gasteiger partial charge on any atom is -0.258 e. The van der Waals surface area contributed by atoms with Crippen molar-refractivity contribution in [2.45, 2.75) is 47.1 Å². The van der Waals surface area contributed by atoms with E-state index in [1.54, 1.807) is 0 Å². The lowest BCUT2D eigenvalue weighted by molar-refractivity contribution is -0.387. The van der Waals surface area contributed by atoms with Gasteiger partial charge in [0.05, 0.1) is 14.7 Å². The summed E-state index contributed by atoms with van der Waals surface area (Å²) >= 11 is 1.39. The van der Waals surface area contributed by atoms with E-state index < -0.39 is 14.9 Å². The van der Waals surface area contributed by atoms with Gasteiger partial charge in [-0.3, -0.25) is 10.1 Å². The largest absolute Gasteiger partial charge is 0.282 e. The summed E-state index contributed by atoms with van der Waals surface area (Å²) in [6, 6.07) is 3.70. The lowest BCUT2D eigenvalue weighted by Crippen LogP contribution is -2.13. The summed E-state index contributed by atoms with van der Waals surface area (Å²) in [7, 11) is -3.84. The summed E-state index contributed by atoms with van der Waals surface area (Å²) in [4.78, 5) is 10.8. The van der Waals surface area contributed by atoms with Crippen molar-refractivity contribution in [3.63, 3.8) is 0 Å². The molecule has 1 aromatic carbocycles. The third-order valence-electron chi connectivity index (χ3n) is 3.30. The molecule has 0 amide bonds. The van der Waals surface area contributed by atoms with E-state index in [2.05, 4.69) is 0 Å². The first kappa shape index (κ1) is 15.3. The number of nitrogens with zero attached hydrogens (tertiary/aromatic N) is 1. The van der Waals surface area contributed by atoms with Crippen molar-refractivity contribution < 1.29 is 13.3 Å². The number of primary sulfonamides is 1. The third kappa shape index (κ3) is 3.71. The SMILES string of the molecule is NS(=O)(=O)c1ccc([N+](=O)[O-])c(SC2CCCCC2)c1. The molecule has 20 heavy (non-hydrogen) atoms. The average molecular weight is 316 g/mol. The number of thioether (sulfide) groups is 1. The highest BCUT2D eigenvalue weighted by Gasteiger charge is 2.22. The Kier molecular flexibility index (Phi) is 4.66. The Balaban J connectivity index is 2.33. The highest BCUT2D eigenvalue weighted by atomic mass is 32.2. The van der Waals surface area contributed by atoms with Gasteiger partial charge in [-0.2, -0.15) is 0 Å². The zero-order valence-electron chi connectivity index (χ0n) is 10.8. The quantitative estimate of drug-likeness (QED) is 0.679. The molecule has 0 atom stereocenters. The number of nitrogens with two attached hydrogens (primary N) is 1. The van der Waals surface area contributed by atoms with Gasteiger partial charge in [-0.25, -0.2) is 13.6 Å². The van der Waals surface area contributed by atoms with E-state index in [4.69, 9.17) is 5.14 Å². The minimum absolute atomic E-state index is 0.0621. The molecule has 1 aliphatic rings. The fraction of sp³-hybridized carbons (Fsp3) is 0.500. The maximum absolute atomic E-state index is 11.4. The lowest BCUT2D eigenvalue weighted by atomic mass is 10.0. The Bertz CT molecular complexity index is 610. The van der Waals surface area contributed by atoms with Crippen LogP contribution in [-0.4, -0.2) is 18.6 Å². The monoisotopic (exact) mass is 316 g/mol. The number of nitro groups is 1. The fourth-order valence-corrected chi connectivity index (χ4v) is 4.28. The maximum Gasteiger partial charge on any atom is 0.282 e. The molecule has 0 bridgehead atoms. The van der Waals surface area contributed by atoms with Gasteiger partial charge in [0, 0.05) is 11.3 Å². The standard InChI is InChI=1S/C12H16N2O4S2/c13-20(17,18)10-6-7-11(14(15)16)12(8-10)19-9-4-2-1-3-5-9/h6-9H,1-5H2,(H2,13,17,18). The molecule has 0 spiro atoms. The molecule has 0 aromatic heterocycles. The summed E-state index contributed by atoms with van der Waals surface area (Å²) in [5.41, 5.74) is -0.0621. The molecule has 110 valence electrons. The second-order valence-corrected chi connectivity index (χ2v) is 7.71. The van der Waals surface area contributed by atoms with Gasteiger partial charge in [0.15, 0.2) is 0 Å². The molecule has 0 aliphatic heterocycles. The van der Waals surface area contributed by atoms with Crippen LogP contribution in [0.4, 0.5) is 5.69 Å². The van der Waals surface area contributed by atoms with E-state index in [9.17, 15) is 18.5 Å². The molecule has 0 saturated heterocycles. The second-order valence-electron chi connectivity index (χ2n) is 4.81. The van der Waals surface area contributed by atoms with Crippen LogP contribution in [0, 0.1) is 10.1 Å². The topological polar surface area (TPSA) is 103 Å². The van der Waals surface area contributed by atoms with E-state index >= 15 is 0 Å². The van der Waals surface area contributed by atoms with Crippen molar-refractivity contribution in [2.75, 3.05) is 0 Å². The van der Waals surface area contributed by atoms with Crippen molar-refractivity contribution in [1.29, 1.82) is 0 Å². The van der Waals surface area contributed by atoms with Gasteiger partial charge in [0.2, 0.25) is 10.0 Å². The first-order chi connectivity index (χ1) is 9.38. The molecule has 1 aromatic rings. The van der Waals surface area contributed by atoms with Crippen LogP contribution in [0.3, 0.4) is 0 Å². The van der Waals surface area contributed by atoms with E-state index in [1.807, 2.05) is 0 Å². The Morgan fingerprint density at radius 2 is 1.90 bits per heavy atom. The zero-order valence-corrected chi connectivity index (χ0v) is 12.5. The van der Waals surface area contributed by atoms with Crippen molar-refractivity contribution >= 4 is 27.5 Å².